The first-order valence-electron chi connectivity index (χ1n) is 5.69. The fourth-order valence-corrected chi connectivity index (χ4v) is 1.99. The standard InChI is InChI=1S/C12H7Cl2N5O2/c13-6-2-1-5(3-7(6)14)10-16-4-8(15)9(17-10)11-18-12(20)21-19-11/h1-4H,15H2,(H,18,19,20). The monoisotopic (exact) mass is 323 g/mol. The van der Waals surface area contributed by atoms with E-state index in [4.69, 9.17) is 28.9 Å². The summed E-state index contributed by atoms with van der Waals surface area (Å²) in [6, 6.07) is 4.98. The molecule has 0 aliphatic carbocycles. The molecule has 21 heavy (non-hydrogen) atoms. The largest absolute Gasteiger partial charge is 0.439 e. The first-order valence-corrected chi connectivity index (χ1v) is 6.44. The molecule has 0 aliphatic rings. The Morgan fingerprint density at radius 3 is 2.71 bits per heavy atom. The van der Waals surface area contributed by atoms with Crippen molar-refractivity contribution in [2.24, 2.45) is 0 Å². The van der Waals surface area contributed by atoms with Gasteiger partial charge in [0, 0.05) is 5.56 Å². The topological polar surface area (TPSA) is 111 Å². The molecule has 3 N–H and O–H groups in total. The zero-order chi connectivity index (χ0) is 15.0. The number of halogens is 2. The average Bonchev–Trinajstić information content (AvgIpc) is 2.89. The van der Waals surface area contributed by atoms with Gasteiger partial charge in [-0.1, -0.05) is 28.4 Å². The van der Waals surface area contributed by atoms with E-state index in [1.165, 1.54) is 6.20 Å². The normalized spacial score (nSPS) is 10.8. The maximum Gasteiger partial charge on any atom is 0.439 e. The van der Waals surface area contributed by atoms with Gasteiger partial charge in [0.1, 0.15) is 5.69 Å². The molecule has 7 nitrogen and oxygen atoms in total. The van der Waals surface area contributed by atoms with Crippen LogP contribution in [0.4, 0.5) is 5.69 Å². The highest BCUT2D eigenvalue weighted by molar-refractivity contribution is 6.42. The van der Waals surface area contributed by atoms with E-state index in [1.807, 2.05) is 0 Å². The Labute approximate surface area is 127 Å². The molecular weight excluding hydrogens is 317 g/mol. The number of hydrogen-bond acceptors (Lipinski definition) is 6. The van der Waals surface area contributed by atoms with Gasteiger partial charge in [-0.2, -0.15) is 0 Å². The van der Waals surface area contributed by atoms with Gasteiger partial charge < -0.3 is 5.73 Å². The summed E-state index contributed by atoms with van der Waals surface area (Å²) in [6.45, 7) is 0. The van der Waals surface area contributed by atoms with Crippen LogP contribution in [0.2, 0.25) is 10.0 Å². The predicted octanol–water partition coefficient (Wildman–Crippen LogP) is 2.38. The molecule has 0 atom stereocenters. The van der Waals surface area contributed by atoms with Crippen molar-refractivity contribution < 1.29 is 4.52 Å². The minimum atomic E-state index is -0.695. The van der Waals surface area contributed by atoms with Gasteiger partial charge in [-0.15, -0.1) is 0 Å². The third-order valence-electron chi connectivity index (χ3n) is 2.66. The molecule has 2 aromatic heterocycles. The fraction of sp³-hybridized carbons (Fsp3) is 0. The Hall–Kier alpha value is -2.38. The number of benzene rings is 1. The van der Waals surface area contributed by atoms with E-state index < -0.39 is 5.76 Å². The summed E-state index contributed by atoms with van der Waals surface area (Å²) in [6.07, 6.45) is 1.41. The number of nitrogens with two attached hydrogens (primary N) is 1. The Morgan fingerprint density at radius 1 is 1.24 bits per heavy atom. The number of nitrogen functional groups attached to an aromatic ring is 1. The van der Waals surface area contributed by atoms with Crippen molar-refractivity contribution >= 4 is 28.9 Å². The second-order valence-electron chi connectivity index (χ2n) is 4.07. The molecule has 0 bridgehead atoms. The van der Waals surface area contributed by atoms with Crippen LogP contribution in [-0.4, -0.2) is 20.1 Å². The SMILES string of the molecule is Nc1cnc(-c2ccc(Cl)c(Cl)c2)nc1-c1noc(=O)[nH]1. The average molecular weight is 324 g/mol. The second-order valence-corrected chi connectivity index (χ2v) is 4.88. The summed E-state index contributed by atoms with van der Waals surface area (Å²) < 4.78 is 4.44. The Balaban J connectivity index is 2.12. The van der Waals surface area contributed by atoms with Crippen LogP contribution in [0.5, 0.6) is 0 Å². The third-order valence-corrected chi connectivity index (χ3v) is 3.40. The summed E-state index contributed by atoms with van der Waals surface area (Å²) in [5, 5.41) is 4.36. The molecule has 0 saturated carbocycles. The van der Waals surface area contributed by atoms with Crippen LogP contribution in [0.25, 0.3) is 22.9 Å². The highest BCUT2D eigenvalue weighted by Gasteiger charge is 2.13. The lowest BCUT2D eigenvalue weighted by atomic mass is 10.2. The number of anilines is 1. The van der Waals surface area contributed by atoms with Gasteiger partial charge in [-0.05, 0) is 18.2 Å². The highest BCUT2D eigenvalue weighted by Crippen LogP contribution is 2.28. The lowest BCUT2D eigenvalue weighted by Gasteiger charge is -2.05. The van der Waals surface area contributed by atoms with Gasteiger partial charge in [0.25, 0.3) is 0 Å². The summed E-state index contributed by atoms with van der Waals surface area (Å²) in [7, 11) is 0. The second kappa shape index (κ2) is 5.19. The van der Waals surface area contributed by atoms with Gasteiger partial charge in [0.05, 0.1) is 21.9 Å². The maximum atomic E-state index is 11.0. The zero-order valence-corrected chi connectivity index (χ0v) is 11.8. The Bertz CT molecular complexity index is 874. The van der Waals surface area contributed by atoms with Gasteiger partial charge in [-0.3, -0.25) is 9.51 Å². The lowest BCUT2D eigenvalue weighted by molar-refractivity contribution is 0.388. The zero-order valence-electron chi connectivity index (χ0n) is 10.3. The van der Waals surface area contributed by atoms with E-state index in [2.05, 4.69) is 24.6 Å². The number of aromatic amines is 1. The third kappa shape index (κ3) is 2.61. The minimum absolute atomic E-state index is 0.126. The number of aromatic nitrogens is 4. The smallest absolute Gasteiger partial charge is 0.396 e. The summed E-state index contributed by atoms with van der Waals surface area (Å²) in [5.41, 5.74) is 6.95. The molecule has 0 fully saturated rings. The molecule has 1 aromatic carbocycles. The minimum Gasteiger partial charge on any atom is -0.396 e. The molecule has 2 heterocycles. The van der Waals surface area contributed by atoms with Gasteiger partial charge >= 0.3 is 5.76 Å². The fourth-order valence-electron chi connectivity index (χ4n) is 1.69. The van der Waals surface area contributed by atoms with Crippen molar-refractivity contribution in [1.29, 1.82) is 0 Å². The highest BCUT2D eigenvalue weighted by atomic mass is 35.5. The van der Waals surface area contributed by atoms with Gasteiger partial charge in [-0.25, -0.2) is 14.8 Å². The molecule has 0 unspecified atom stereocenters. The first kappa shape index (κ1) is 13.6. The van der Waals surface area contributed by atoms with Gasteiger partial charge in [0.2, 0.25) is 5.82 Å². The quantitative estimate of drug-likeness (QED) is 0.749. The number of rotatable bonds is 2. The molecule has 3 rings (SSSR count). The van der Waals surface area contributed by atoms with E-state index in [1.54, 1.807) is 18.2 Å². The molecule has 0 radical (unpaired) electrons. The van der Waals surface area contributed by atoms with E-state index in [9.17, 15) is 4.79 Å². The van der Waals surface area contributed by atoms with E-state index in [0.717, 1.165) is 0 Å². The van der Waals surface area contributed by atoms with Crippen molar-refractivity contribution in [1.82, 2.24) is 20.1 Å². The molecule has 0 spiro atoms. The molecule has 106 valence electrons. The molecule has 3 aromatic rings. The van der Waals surface area contributed by atoms with Gasteiger partial charge in [0.15, 0.2) is 5.82 Å². The number of nitrogens with one attached hydrogen (secondary N) is 1. The van der Waals surface area contributed by atoms with Crippen LogP contribution in [0.15, 0.2) is 33.7 Å². The molecular formula is C12H7Cl2N5O2. The van der Waals surface area contributed by atoms with Crippen LogP contribution >= 0.6 is 23.2 Å². The first-order chi connectivity index (χ1) is 10.0. The van der Waals surface area contributed by atoms with Crippen molar-refractivity contribution in [3.05, 3.63) is 45.0 Å². The van der Waals surface area contributed by atoms with Crippen molar-refractivity contribution in [3.63, 3.8) is 0 Å². The Morgan fingerprint density at radius 2 is 2.05 bits per heavy atom. The molecule has 0 saturated heterocycles. The molecule has 9 heteroatoms. The number of hydrogen-bond donors (Lipinski definition) is 2. The van der Waals surface area contributed by atoms with Crippen molar-refractivity contribution in [3.8, 4) is 22.9 Å². The molecule has 0 aliphatic heterocycles. The van der Waals surface area contributed by atoms with Crippen LogP contribution in [-0.2, 0) is 0 Å². The van der Waals surface area contributed by atoms with E-state index in [-0.39, 0.29) is 17.2 Å². The number of H-pyrrole nitrogens is 1. The lowest BCUT2D eigenvalue weighted by Crippen LogP contribution is -2.01. The maximum absolute atomic E-state index is 11.0. The van der Waals surface area contributed by atoms with E-state index >= 15 is 0 Å². The number of nitrogens with zero attached hydrogens (tertiary/aromatic N) is 3. The van der Waals surface area contributed by atoms with Crippen molar-refractivity contribution in [2.75, 3.05) is 5.73 Å². The van der Waals surface area contributed by atoms with E-state index in [0.29, 0.717) is 21.4 Å². The summed E-state index contributed by atoms with van der Waals surface area (Å²) in [4.78, 5) is 21.8. The predicted molar refractivity (Wildman–Crippen MR) is 78.0 cm³/mol. The van der Waals surface area contributed by atoms with Crippen LogP contribution in [0.1, 0.15) is 0 Å². The molecule has 0 amide bonds. The van der Waals surface area contributed by atoms with Crippen LogP contribution in [0, 0.1) is 0 Å². The Kier molecular flexibility index (Phi) is 3.36. The van der Waals surface area contributed by atoms with Crippen LogP contribution in [0.3, 0.4) is 0 Å². The summed E-state index contributed by atoms with van der Waals surface area (Å²) >= 11 is 11.8. The van der Waals surface area contributed by atoms with Crippen molar-refractivity contribution in [2.45, 2.75) is 0 Å². The van der Waals surface area contributed by atoms with Crippen LogP contribution < -0.4 is 11.5 Å². The summed E-state index contributed by atoms with van der Waals surface area (Å²) in [5.74, 6) is -0.207.